The smallest absolute Gasteiger partial charge is 0.303 e. The van der Waals surface area contributed by atoms with Crippen LogP contribution in [0.3, 0.4) is 0 Å². The number of azo groups is 1. The van der Waals surface area contributed by atoms with Gasteiger partial charge in [-0.15, -0.1) is 0 Å². The second-order valence-electron chi connectivity index (χ2n) is 4.59. The lowest BCUT2D eigenvalue weighted by Gasteiger charge is -2.20. The SMILES string of the molecule is CCCC(C)(N)N=NC(C)(C#N)CCC(=O)O. The average molecular weight is 240 g/mol. The first-order valence-electron chi connectivity index (χ1n) is 5.60. The van der Waals surface area contributed by atoms with Gasteiger partial charge in [0.15, 0.2) is 5.54 Å². The highest BCUT2D eigenvalue weighted by Crippen LogP contribution is 2.20. The van der Waals surface area contributed by atoms with Crippen molar-refractivity contribution in [2.45, 2.75) is 57.7 Å². The Bertz CT molecular complexity index is 333. The van der Waals surface area contributed by atoms with E-state index in [1.165, 1.54) is 0 Å². The number of nitrogens with zero attached hydrogens (tertiary/aromatic N) is 3. The van der Waals surface area contributed by atoms with Crippen molar-refractivity contribution in [3.05, 3.63) is 0 Å². The molecule has 0 bridgehead atoms. The fourth-order valence-corrected chi connectivity index (χ4v) is 1.26. The molecule has 0 rings (SSSR count). The summed E-state index contributed by atoms with van der Waals surface area (Å²) in [5.74, 6) is -0.953. The van der Waals surface area contributed by atoms with E-state index in [4.69, 9.17) is 16.1 Å². The van der Waals surface area contributed by atoms with Crippen molar-refractivity contribution in [1.29, 1.82) is 5.26 Å². The quantitative estimate of drug-likeness (QED) is 0.663. The topological polar surface area (TPSA) is 112 Å². The van der Waals surface area contributed by atoms with Gasteiger partial charge in [0.05, 0.1) is 6.07 Å². The van der Waals surface area contributed by atoms with Crippen molar-refractivity contribution in [2.75, 3.05) is 0 Å². The molecule has 0 fully saturated rings. The molecule has 0 saturated carbocycles. The Balaban J connectivity index is 4.63. The molecular weight excluding hydrogens is 220 g/mol. The number of aliphatic carboxylic acids is 1. The van der Waals surface area contributed by atoms with Crippen LogP contribution in [0.1, 0.15) is 46.5 Å². The molecule has 3 N–H and O–H groups in total. The van der Waals surface area contributed by atoms with Crippen LogP contribution in [0.25, 0.3) is 0 Å². The molecule has 2 atom stereocenters. The van der Waals surface area contributed by atoms with Gasteiger partial charge in [-0.2, -0.15) is 15.5 Å². The highest BCUT2D eigenvalue weighted by atomic mass is 16.4. The van der Waals surface area contributed by atoms with Crippen LogP contribution >= 0.6 is 0 Å². The van der Waals surface area contributed by atoms with E-state index in [9.17, 15) is 4.79 Å². The molecule has 0 aromatic carbocycles. The second-order valence-corrected chi connectivity index (χ2v) is 4.59. The minimum atomic E-state index is -1.12. The molecule has 2 unspecified atom stereocenters. The molecular formula is C11H20N4O2. The highest BCUT2D eigenvalue weighted by Gasteiger charge is 2.26. The molecule has 0 spiro atoms. The molecule has 17 heavy (non-hydrogen) atoms. The van der Waals surface area contributed by atoms with Gasteiger partial charge in [-0.05, 0) is 26.7 Å². The number of nitriles is 1. The molecule has 6 heteroatoms. The molecule has 0 aliphatic carbocycles. The van der Waals surface area contributed by atoms with Crippen molar-refractivity contribution in [3.8, 4) is 6.07 Å². The average Bonchev–Trinajstić information content (AvgIpc) is 2.24. The van der Waals surface area contributed by atoms with E-state index in [1.54, 1.807) is 13.8 Å². The minimum absolute atomic E-state index is 0.113. The fraction of sp³-hybridized carbons (Fsp3) is 0.818. The Labute approximate surface area is 102 Å². The van der Waals surface area contributed by atoms with Crippen molar-refractivity contribution in [1.82, 2.24) is 0 Å². The zero-order chi connectivity index (χ0) is 13.5. The molecule has 0 aromatic rings. The summed E-state index contributed by atoms with van der Waals surface area (Å²) >= 11 is 0. The molecule has 0 radical (unpaired) electrons. The van der Waals surface area contributed by atoms with Crippen LogP contribution in [0.5, 0.6) is 0 Å². The van der Waals surface area contributed by atoms with E-state index in [0.717, 1.165) is 6.42 Å². The van der Waals surface area contributed by atoms with Crippen molar-refractivity contribution < 1.29 is 9.90 Å². The number of nitrogens with two attached hydrogens (primary N) is 1. The summed E-state index contributed by atoms with van der Waals surface area (Å²) in [5.41, 5.74) is 3.95. The number of rotatable bonds is 7. The van der Waals surface area contributed by atoms with Gasteiger partial charge in [0.1, 0.15) is 5.66 Å². The maximum absolute atomic E-state index is 10.5. The fourth-order valence-electron chi connectivity index (χ4n) is 1.26. The van der Waals surface area contributed by atoms with Crippen LogP contribution in [-0.2, 0) is 4.79 Å². The first-order chi connectivity index (χ1) is 7.74. The van der Waals surface area contributed by atoms with E-state index in [1.807, 2.05) is 13.0 Å². The Morgan fingerprint density at radius 3 is 2.41 bits per heavy atom. The van der Waals surface area contributed by atoms with Gasteiger partial charge in [-0.25, -0.2) is 0 Å². The summed E-state index contributed by atoms with van der Waals surface area (Å²) in [7, 11) is 0. The monoisotopic (exact) mass is 240 g/mol. The normalized spacial score (nSPS) is 18.3. The van der Waals surface area contributed by atoms with Crippen LogP contribution in [0.2, 0.25) is 0 Å². The largest absolute Gasteiger partial charge is 0.481 e. The van der Waals surface area contributed by atoms with Gasteiger partial charge in [0.2, 0.25) is 0 Å². The zero-order valence-corrected chi connectivity index (χ0v) is 10.6. The third kappa shape index (κ3) is 6.64. The molecule has 0 aliphatic rings. The summed E-state index contributed by atoms with van der Waals surface area (Å²) in [4.78, 5) is 10.5. The summed E-state index contributed by atoms with van der Waals surface area (Å²) in [6.07, 6.45) is 1.55. The van der Waals surface area contributed by atoms with Gasteiger partial charge >= 0.3 is 5.97 Å². The Hall–Kier alpha value is -1.48. The molecule has 0 aliphatic heterocycles. The molecule has 96 valence electrons. The summed E-state index contributed by atoms with van der Waals surface area (Å²) in [6.45, 7) is 5.27. The maximum Gasteiger partial charge on any atom is 0.303 e. The Morgan fingerprint density at radius 1 is 1.41 bits per heavy atom. The van der Waals surface area contributed by atoms with E-state index in [2.05, 4.69) is 10.2 Å². The second kappa shape index (κ2) is 6.30. The first-order valence-corrected chi connectivity index (χ1v) is 5.60. The van der Waals surface area contributed by atoms with Crippen LogP contribution < -0.4 is 5.73 Å². The van der Waals surface area contributed by atoms with Gasteiger partial charge < -0.3 is 10.8 Å². The number of hydrogen-bond acceptors (Lipinski definition) is 5. The number of carboxylic acid groups (broad SMARTS) is 1. The molecule has 6 nitrogen and oxygen atoms in total. The van der Waals surface area contributed by atoms with E-state index in [-0.39, 0.29) is 12.8 Å². The standard InChI is InChI=1S/C11H20N4O2/c1-4-6-11(3,13)15-14-10(2,8-12)7-5-9(16)17/h4-7,13H2,1-3H3,(H,16,17). The molecule has 0 amide bonds. The number of hydrogen-bond donors (Lipinski definition) is 2. The predicted molar refractivity (Wildman–Crippen MR) is 63.2 cm³/mol. The lowest BCUT2D eigenvalue weighted by atomic mass is 9.99. The number of carboxylic acids is 1. The summed E-state index contributed by atoms with van der Waals surface area (Å²) in [6, 6.07) is 1.97. The Morgan fingerprint density at radius 2 is 2.00 bits per heavy atom. The van der Waals surface area contributed by atoms with Gasteiger partial charge in [0, 0.05) is 6.42 Å². The lowest BCUT2D eigenvalue weighted by molar-refractivity contribution is -0.137. The van der Waals surface area contributed by atoms with E-state index >= 15 is 0 Å². The van der Waals surface area contributed by atoms with Gasteiger partial charge in [0.25, 0.3) is 0 Å². The third-order valence-electron chi connectivity index (χ3n) is 2.32. The van der Waals surface area contributed by atoms with E-state index < -0.39 is 17.2 Å². The molecule has 0 saturated heterocycles. The number of carbonyl (C=O) groups is 1. The van der Waals surface area contributed by atoms with Gasteiger partial charge in [-0.3, -0.25) is 4.79 Å². The predicted octanol–water partition coefficient (Wildman–Crippen LogP) is 2.06. The molecule has 0 aromatic heterocycles. The lowest BCUT2D eigenvalue weighted by Crippen LogP contribution is -2.34. The minimum Gasteiger partial charge on any atom is -0.481 e. The molecule has 0 heterocycles. The first kappa shape index (κ1) is 15.5. The van der Waals surface area contributed by atoms with Gasteiger partial charge in [-0.1, -0.05) is 13.3 Å². The van der Waals surface area contributed by atoms with Crippen LogP contribution in [0, 0.1) is 11.3 Å². The van der Waals surface area contributed by atoms with Crippen molar-refractivity contribution in [3.63, 3.8) is 0 Å². The zero-order valence-electron chi connectivity index (χ0n) is 10.6. The van der Waals surface area contributed by atoms with Crippen molar-refractivity contribution in [2.24, 2.45) is 16.0 Å². The van der Waals surface area contributed by atoms with Crippen molar-refractivity contribution >= 4 is 5.97 Å². The summed E-state index contributed by atoms with van der Waals surface area (Å²) < 4.78 is 0. The highest BCUT2D eigenvalue weighted by molar-refractivity contribution is 5.66. The van der Waals surface area contributed by atoms with Crippen LogP contribution in [-0.4, -0.2) is 22.3 Å². The van der Waals surface area contributed by atoms with Crippen LogP contribution in [0.4, 0.5) is 0 Å². The van der Waals surface area contributed by atoms with E-state index in [0.29, 0.717) is 6.42 Å². The third-order valence-corrected chi connectivity index (χ3v) is 2.32. The maximum atomic E-state index is 10.5. The van der Waals surface area contributed by atoms with Crippen LogP contribution in [0.15, 0.2) is 10.2 Å². The summed E-state index contributed by atoms with van der Waals surface area (Å²) in [5, 5.41) is 25.4. The Kier molecular flexibility index (Phi) is 5.75.